The molecule has 0 fully saturated rings. The molecule has 0 heterocycles. The first-order chi connectivity index (χ1) is 12.0. The van der Waals surface area contributed by atoms with Gasteiger partial charge in [0.2, 0.25) is 0 Å². The first-order valence-electron chi connectivity index (χ1n) is 7.15. The molecule has 0 spiro atoms. The van der Waals surface area contributed by atoms with E-state index in [4.69, 9.17) is 25.9 Å². The number of hydrogen-bond donors (Lipinski definition) is 1. The summed E-state index contributed by atoms with van der Waals surface area (Å²) in [5, 5.41) is 6.17. The fourth-order valence-electron chi connectivity index (χ4n) is 1.90. The summed E-state index contributed by atoms with van der Waals surface area (Å²) in [6.07, 6.45) is 1.41. The Balaban J connectivity index is 1.90. The van der Waals surface area contributed by atoms with Crippen LogP contribution in [0, 0.1) is 5.82 Å². The van der Waals surface area contributed by atoms with Crippen molar-refractivity contribution in [3.05, 3.63) is 52.8 Å². The Hall–Kier alpha value is -2.80. The molecule has 2 rings (SSSR count). The van der Waals surface area contributed by atoms with Gasteiger partial charge >= 0.3 is 0 Å². The first kappa shape index (κ1) is 18.5. The maximum atomic E-state index is 13.1. The first-order valence-corrected chi connectivity index (χ1v) is 7.53. The summed E-state index contributed by atoms with van der Waals surface area (Å²) < 4.78 is 23.4. The molecule has 132 valence electrons. The highest BCUT2D eigenvalue weighted by Gasteiger charge is 2.06. The lowest BCUT2D eigenvalue weighted by Gasteiger charge is -2.07. The van der Waals surface area contributed by atoms with E-state index in [1.165, 1.54) is 25.5 Å². The maximum absolute atomic E-state index is 13.1. The van der Waals surface area contributed by atoms with E-state index in [9.17, 15) is 9.18 Å². The quantitative estimate of drug-likeness (QED) is 0.601. The van der Waals surface area contributed by atoms with Crippen molar-refractivity contribution < 1.29 is 23.5 Å². The number of hydrogen-bond acceptors (Lipinski definition) is 5. The zero-order valence-corrected chi connectivity index (χ0v) is 14.3. The van der Waals surface area contributed by atoms with Crippen molar-refractivity contribution in [2.45, 2.75) is 0 Å². The van der Waals surface area contributed by atoms with Crippen LogP contribution in [0.5, 0.6) is 11.5 Å². The number of oxime groups is 1. The topological polar surface area (TPSA) is 69.1 Å². The van der Waals surface area contributed by atoms with Crippen LogP contribution in [0.1, 0.15) is 5.56 Å². The number of carbonyl (C=O) groups is 1. The van der Waals surface area contributed by atoms with E-state index in [0.717, 1.165) is 6.07 Å². The van der Waals surface area contributed by atoms with Gasteiger partial charge in [0.15, 0.2) is 6.61 Å². The molecule has 25 heavy (non-hydrogen) atoms. The molecule has 0 unspecified atom stereocenters. The van der Waals surface area contributed by atoms with Gasteiger partial charge in [-0.3, -0.25) is 4.79 Å². The van der Waals surface area contributed by atoms with Crippen molar-refractivity contribution >= 4 is 29.4 Å². The average molecular weight is 367 g/mol. The molecule has 0 aliphatic heterocycles. The summed E-state index contributed by atoms with van der Waals surface area (Å²) in [6.45, 7) is -0.322. The van der Waals surface area contributed by atoms with Crippen LogP contribution in [-0.2, 0) is 9.63 Å². The Labute approximate surface area is 149 Å². The van der Waals surface area contributed by atoms with Gasteiger partial charge in [-0.25, -0.2) is 4.39 Å². The number of methoxy groups -OCH3 is 2. The van der Waals surface area contributed by atoms with Gasteiger partial charge in [0.05, 0.1) is 25.5 Å². The molecule has 0 aromatic heterocycles. The Kier molecular flexibility index (Phi) is 6.59. The van der Waals surface area contributed by atoms with Crippen molar-refractivity contribution in [1.29, 1.82) is 0 Å². The van der Waals surface area contributed by atoms with Crippen LogP contribution in [0.15, 0.2) is 41.6 Å². The molecule has 0 bridgehead atoms. The van der Waals surface area contributed by atoms with Gasteiger partial charge in [0.25, 0.3) is 5.91 Å². The molecular weight excluding hydrogens is 351 g/mol. The van der Waals surface area contributed by atoms with Gasteiger partial charge < -0.3 is 19.6 Å². The molecule has 0 saturated heterocycles. The predicted octanol–water partition coefficient (Wildman–Crippen LogP) is 3.49. The second-order valence-corrected chi connectivity index (χ2v) is 5.20. The smallest absolute Gasteiger partial charge is 0.265 e. The lowest BCUT2D eigenvalue weighted by Crippen LogP contribution is -2.17. The number of nitrogens with one attached hydrogen (secondary N) is 1. The van der Waals surface area contributed by atoms with Gasteiger partial charge in [0, 0.05) is 11.3 Å². The van der Waals surface area contributed by atoms with Crippen LogP contribution in [0.2, 0.25) is 5.02 Å². The van der Waals surface area contributed by atoms with E-state index in [0.29, 0.717) is 22.7 Å². The molecule has 1 amide bonds. The van der Waals surface area contributed by atoms with E-state index in [1.807, 2.05) is 0 Å². The largest absolute Gasteiger partial charge is 0.497 e. The summed E-state index contributed by atoms with van der Waals surface area (Å²) >= 11 is 5.64. The van der Waals surface area contributed by atoms with Crippen LogP contribution in [0.3, 0.4) is 0 Å². The summed E-state index contributed by atoms with van der Waals surface area (Å²) in [5.74, 6) is 0.192. The van der Waals surface area contributed by atoms with Crippen molar-refractivity contribution in [2.75, 3.05) is 26.1 Å². The number of anilines is 1. The summed E-state index contributed by atoms with van der Waals surface area (Å²) in [7, 11) is 3.08. The Bertz CT molecular complexity index is 783. The van der Waals surface area contributed by atoms with E-state index in [1.54, 1.807) is 25.3 Å². The third-order valence-electron chi connectivity index (χ3n) is 3.10. The molecule has 0 aliphatic carbocycles. The molecule has 2 aromatic rings. The minimum absolute atomic E-state index is 0.0816. The summed E-state index contributed by atoms with van der Waals surface area (Å²) in [5.41, 5.74) is 0.992. The van der Waals surface area contributed by atoms with Crippen LogP contribution in [0.4, 0.5) is 10.1 Å². The van der Waals surface area contributed by atoms with Crippen LogP contribution >= 0.6 is 11.6 Å². The molecule has 0 atom stereocenters. The second kappa shape index (κ2) is 8.89. The second-order valence-electron chi connectivity index (χ2n) is 4.79. The Morgan fingerprint density at radius 2 is 2.04 bits per heavy atom. The number of ether oxygens (including phenoxy) is 2. The van der Waals surface area contributed by atoms with Gasteiger partial charge in [-0.2, -0.15) is 0 Å². The fourth-order valence-corrected chi connectivity index (χ4v) is 2.08. The maximum Gasteiger partial charge on any atom is 0.265 e. The zero-order valence-electron chi connectivity index (χ0n) is 13.6. The predicted molar refractivity (Wildman–Crippen MR) is 93.1 cm³/mol. The van der Waals surface area contributed by atoms with Crippen molar-refractivity contribution in [2.24, 2.45) is 5.16 Å². The SMILES string of the molecule is COc1ccc(OC)c(/C=N\OCC(=O)Nc2ccc(F)c(Cl)c2)c1. The monoisotopic (exact) mass is 366 g/mol. The number of benzene rings is 2. The molecule has 0 radical (unpaired) electrons. The number of halogens is 2. The lowest BCUT2D eigenvalue weighted by atomic mass is 10.2. The highest BCUT2D eigenvalue weighted by Crippen LogP contribution is 2.22. The van der Waals surface area contributed by atoms with Gasteiger partial charge in [-0.1, -0.05) is 16.8 Å². The minimum Gasteiger partial charge on any atom is -0.497 e. The molecule has 6 nitrogen and oxygen atoms in total. The number of nitrogens with zero attached hydrogens (tertiary/aromatic N) is 1. The molecule has 0 saturated carbocycles. The number of amides is 1. The third-order valence-corrected chi connectivity index (χ3v) is 3.39. The van der Waals surface area contributed by atoms with Crippen molar-refractivity contribution in [1.82, 2.24) is 0 Å². The zero-order chi connectivity index (χ0) is 18.2. The molecule has 8 heteroatoms. The summed E-state index contributed by atoms with van der Waals surface area (Å²) in [4.78, 5) is 16.7. The van der Waals surface area contributed by atoms with Gasteiger partial charge in [0.1, 0.15) is 17.3 Å². The van der Waals surface area contributed by atoms with Crippen molar-refractivity contribution in [3.8, 4) is 11.5 Å². The summed E-state index contributed by atoms with van der Waals surface area (Å²) in [6, 6.07) is 9.05. The van der Waals surface area contributed by atoms with Crippen LogP contribution in [0.25, 0.3) is 0 Å². The number of rotatable bonds is 7. The van der Waals surface area contributed by atoms with Crippen LogP contribution < -0.4 is 14.8 Å². The normalized spacial score (nSPS) is 10.6. The molecule has 2 aromatic carbocycles. The average Bonchev–Trinajstić information content (AvgIpc) is 2.61. The van der Waals surface area contributed by atoms with Gasteiger partial charge in [-0.05, 0) is 36.4 Å². The van der Waals surface area contributed by atoms with Crippen LogP contribution in [-0.4, -0.2) is 32.9 Å². The highest BCUT2D eigenvalue weighted by molar-refractivity contribution is 6.31. The molecule has 1 N–H and O–H groups in total. The van der Waals surface area contributed by atoms with E-state index in [-0.39, 0.29) is 11.6 Å². The fraction of sp³-hybridized carbons (Fsp3) is 0.176. The standard InChI is InChI=1S/C17H16ClFN2O4/c1-23-13-4-6-16(24-2)11(7-13)9-20-25-10-17(22)21-12-3-5-15(19)14(18)8-12/h3-9H,10H2,1-2H3,(H,21,22)/b20-9-. The Morgan fingerprint density at radius 3 is 2.72 bits per heavy atom. The highest BCUT2D eigenvalue weighted by atomic mass is 35.5. The van der Waals surface area contributed by atoms with Gasteiger partial charge in [-0.15, -0.1) is 0 Å². The van der Waals surface area contributed by atoms with Crippen molar-refractivity contribution in [3.63, 3.8) is 0 Å². The minimum atomic E-state index is -0.562. The third kappa shape index (κ3) is 5.36. The molecule has 0 aliphatic rings. The van der Waals surface area contributed by atoms with E-state index in [2.05, 4.69) is 10.5 Å². The number of carbonyl (C=O) groups excluding carboxylic acids is 1. The lowest BCUT2D eigenvalue weighted by molar-refractivity contribution is -0.120. The van der Waals surface area contributed by atoms with E-state index >= 15 is 0 Å². The Morgan fingerprint density at radius 1 is 1.24 bits per heavy atom. The molecular formula is C17H16ClFN2O4. The van der Waals surface area contributed by atoms with E-state index < -0.39 is 11.7 Å².